The molecule has 2 atom stereocenters. The van der Waals surface area contributed by atoms with Crippen LogP contribution in [0.4, 0.5) is 0 Å². The molecule has 0 spiro atoms. The highest BCUT2D eigenvalue weighted by Crippen LogP contribution is 2.26. The molecule has 0 heterocycles. The summed E-state index contributed by atoms with van der Waals surface area (Å²) in [5.41, 5.74) is 1.54. The zero-order chi connectivity index (χ0) is 19.8. The Labute approximate surface area is 164 Å². The molecule has 28 heavy (non-hydrogen) atoms. The summed E-state index contributed by atoms with van der Waals surface area (Å²) < 4.78 is 11.3. The van der Waals surface area contributed by atoms with Crippen molar-refractivity contribution in [3.05, 3.63) is 120 Å². The lowest BCUT2D eigenvalue weighted by Crippen LogP contribution is -2.27. The van der Waals surface area contributed by atoms with Crippen LogP contribution in [0, 0.1) is 0 Å². The van der Waals surface area contributed by atoms with Crippen molar-refractivity contribution in [1.82, 2.24) is 0 Å². The molecule has 0 aliphatic heterocycles. The number of carbonyl (C=O) groups excluding carboxylic acids is 2. The van der Waals surface area contributed by atoms with Crippen LogP contribution in [0.5, 0.6) is 0 Å². The van der Waals surface area contributed by atoms with Crippen molar-refractivity contribution < 1.29 is 19.1 Å². The van der Waals surface area contributed by atoms with Crippen LogP contribution in [0.15, 0.2) is 104 Å². The van der Waals surface area contributed by atoms with E-state index in [4.69, 9.17) is 9.47 Å². The average molecular weight is 372 g/mol. The second kappa shape index (κ2) is 9.33. The second-order valence-electron chi connectivity index (χ2n) is 6.07. The van der Waals surface area contributed by atoms with Crippen LogP contribution in [-0.2, 0) is 9.47 Å². The third kappa shape index (κ3) is 4.74. The maximum Gasteiger partial charge on any atom is 0.338 e. The topological polar surface area (TPSA) is 52.6 Å². The Morgan fingerprint density at radius 3 is 1.57 bits per heavy atom. The molecule has 0 bridgehead atoms. The summed E-state index contributed by atoms with van der Waals surface area (Å²) in [7, 11) is 0. The molecule has 4 nitrogen and oxygen atoms in total. The number of carbonyl (C=O) groups is 2. The number of benzene rings is 3. The lowest BCUT2D eigenvalue weighted by molar-refractivity contribution is -0.0222. The molecular weight excluding hydrogens is 352 g/mol. The first-order chi connectivity index (χ1) is 13.7. The zero-order valence-electron chi connectivity index (χ0n) is 15.2. The number of hydrogen-bond donors (Lipinski definition) is 0. The molecule has 140 valence electrons. The molecule has 0 saturated heterocycles. The maximum absolute atomic E-state index is 12.6. The van der Waals surface area contributed by atoms with E-state index in [1.807, 2.05) is 42.5 Å². The van der Waals surface area contributed by atoms with Crippen molar-refractivity contribution in [1.29, 1.82) is 0 Å². The molecule has 0 N–H and O–H groups in total. The van der Waals surface area contributed by atoms with Gasteiger partial charge in [-0.05, 0) is 35.9 Å². The van der Waals surface area contributed by atoms with Gasteiger partial charge in [-0.3, -0.25) is 0 Å². The summed E-state index contributed by atoms with van der Waals surface area (Å²) >= 11 is 0. The smallest absolute Gasteiger partial charge is 0.338 e. The van der Waals surface area contributed by atoms with Gasteiger partial charge in [-0.1, -0.05) is 73.3 Å². The van der Waals surface area contributed by atoms with Gasteiger partial charge in [0.05, 0.1) is 11.1 Å². The lowest BCUT2D eigenvalue weighted by atomic mass is 10.0. The third-order valence-electron chi connectivity index (χ3n) is 4.15. The van der Waals surface area contributed by atoms with E-state index in [2.05, 4.69) is 6.58 Å². The summed E-state index contributed by atoms with van der Waals surface area (Å²) in [6.07, 6.45) is -0.196. The van der Waals surface area contributed by atoms with Gasteiger partial charge in [-0.2, -0.15) is 0 Å². The SMILES string of the molecule is C=C[C@@H](OC(=O)c1ccccc1)[C@@H](OC(=O)c1ccccc1)c1ccccc1. The highest BCUT2D eigenvalue weighted by Gasteiger charge is 2.29. The van der Waals surface area contributed by atoms with Crippen LogP contribution in [0.1, 0.15) is 32.4 Å². The Morgan fingerprint density at radius 2 is 1.11 bits per heavy atom. The van der Waals surface area contributed by atoms with Gasteiger partial charge in [0, 0.05) is 0 Å². The average Bonchev–Trinajstić information content (AvgIpc) is 2.77. The molecule has 0 amide bonds. The van der Waals surface area contributed by atoms with Gasteiger partial charge in [-0.15, -0.1) is 0 Å². The number of rotatable bonds is 7. The molecule has 4 heteroatoms. The van der Waals surface area contributed by atoms with Gasteiger partial charge in [-0.25, -0.2) is 9.59 Å². The van der Waals surface area contributed by atoms with Crippen LogP contribution in [0.3, 0.4) is 0 Å². The summed E-state index contributed by atoms with van der Waals surface area (Å²) in [5, 5.41) is 0. The summed E-state index contributed by atoms with van der Waals surface area (Å²) in [6, 6.07) is 26.5. The van der Waals surface area contributed by atoms with Gasteiger partial charge in [0.2, 0.25) is 0 Å². The van der Waals surface area contributed by atoms with E-state index in [0.717, 1.165) is 0 Å². The van der Waals surface area contributed by atoms with Crippen molar-refractivity contribution >= 4 is 11.9 Å². The minimum Gasteiger partial charge on any atom is -0.450 e. The van der Waals surface area contributed by atoms with Crippen molar-refractivity contribution in [3.8, 4) is 0 Å². The molecule has 3 aromatic carbocycles. The lowest BCUT2D eigenvalue weighted by Gasteiger charge is -2.25. The molecule has 3 rings (SSSR count). The first-order valence-corrected chi connectivity index (χ1v) is 8.88. The summed E-state index contributed by atoms with van der Waals surface area (Å²) in [6.45, 7) is 3.77. The van der Waals surface area contributed by atoms with Gasteiger partial charge >= 0.3 is 11.9 Å². The number of esters is 2. The van der Waals surface area contributed by atoms with E-state index in [1.54, 1.807) is 48.5 Å². The molecule has 0 unspecified atom stereocenters. The van der Waals surface area contributed by atoms with E-state index in [1.165, 1.54) is 6.08 Å². The second-order valence-corrected chi connectivity index (χ2v) is 6.07. The normalized spacial score (nSPS) is 12.4. The number of ether oxygens (including phenoxy) is 2. The van der Waals surface area contributed by atoms with Gasteiger partial charge in [0.15, 0.2) is 12.2 Å². The molecule has 0 aliphatic rings. The molecule has 3 aromatic rings. The van der Waals surface area contributed by atoms with Crippen molar-refractivity contribution in [2.24, 2.45) is 0 Å². The highest BCUT2D eigenvalue weighted by atomic mass is 16.6. The Hall–Kier alpha value is -3.66. The van der Waals surface area contributed by atoms with E-state index < -0.39 is 24.1 Å². The summed E-state index contributed by atoms with van der Waals surface area (Å²) in [4.78, 5) is 25.1. The fourth-order valence-electron chi connectivity index (χ4n) is 2.72. The molecular formula is C24H20O4. The Morgan fingerprint density at radius 1 is 0.679 bits per heavy atom. The standard InChI is InChI=1S/C24H20O4/c1-2-21(27-23(25)19-14-8-4-9-15-19)22(18-12-6-3-7-13-18)28-24(26)20-16-10-5-11-17-20/h2-17,21-22H,1H2/t21-,22+/m1/s1. The minimum absolute atomic E-state index is 0.413. The Kier molecular flexibility index (Phi) is 6.37. The van der Waals surface area contributed by atoms with Crippen molar-refractivity contribution in [3.63, 3.8) is 0 Å². The maximum atomic E-state index is 12.6. The monoisotopic (exact) mass is 372 g/mol. The van der Waals surface area contributed by atoms with Crippen LogP contribution in [0.2, 0.25) is 0 Å². The van der Waals surface area contributed by atoms with Gasteiger partial charge in [0.1, 0.15) is 0 Å². The van der Waals surface area contributed by atoms with Crippen LogP contribution in [0.25, 0.3) is 0 Å². The Balaban J connectivity index is 1.85. The Bertz CT molecular complexity index is 921. The number of hydrogen-bond acceptors (Lipinski definition) is 4. The largest absolute Gasteiger partial charge is 0.450 e. The predicted octanol–water partition coefficient (Wildman–Crippen LogP) is 5.00. The van der Waals surface area contributed by atoms with Crippen LogP contribution < -0.4 is 0 Å². The van der Waals surface area contributed by atoms with E-state index in [0.29, 0.717) is 16.7 Å². The molecule has 0 aromatic heterocycles. The highest BCUT2D eigenvalue weighted by molar-refractivity contribution is 5.90. The van der Waals surface area contributed by atoms with Gasteiger partial charge < -0.3 is 9.47 Å². The van der Waals surface area contributed by atoms with E-state index in [9.17, 15) is 9.59 Å². The van der Waals surface area contributed by atoms with Crippen molar-refractivity contribution in [2.45, 2.75) is 12.2 Å². The van der Waals surface area contributed by atoms with E-state index in [-0.39, 0.29) is 0 Å². The van der Waals surface area contributed by atoms with Crippen LogP contribution >= 0.6 is 0 Å². The minimum atomic E-state index is -0.845. The third-order valence-corrected chi connectivity index (χ3v) is 4.15. The molecule has 0 radical (unpaired) electrons. The zero-order valence-corrected chi connectivity index (χ0v) is 15.2. The summed E-state index contributed by atoms with van der Waals surface area (Å²) in [5.74, 6) is -1.01. The molecule has 0 saturated carbocycles. The fraction of sp³-hybridized carbons (Fsp3) is 0.0833. The van der Waals surface area contributed by atoms with E-state index >= 15 is 0 Å². The predicted molar refractivity (Wildman–Crippen MR) is 107 cm³/mol. The van der Waals surface area contributed by atoms with Crippen LogP contribution in [-0.4, -0.2) is 18.0 Å². The molecule has 0 fully saturated rings. The molecule has 0 aliphatic carbocycles. The first kappa shape index (κ1) is 19.1. The van der Waals surface area contributed by atoms with Crippen molar-refractivity contribution in [2.75, 3.05) is 0 Å². The van der Waals surface area contributed by atoms with Gasteiger partial charge in [0.25, 0.3) is 0 Å². The fourth-order valence-corrected chi connectivity index (χ4v) is 2.72. The quantitative estimate of drug-likeness (QED) is 0.433. The first-order valence-electron chi connectivity index (χ1n) is 8.88.